The molecular formula is C25H36O6. The fourth-order valence-corrected chi connectivity index (χ4v) is 7.28. The van der Waals surface area contributed by atoms with Crippen molar-refractivity contribution in [1.82, 2.24) is 0 Å². The average molecular weight is 433 g/mol. The Bertz CT molecular complexity index is 871. The highest BCUT2D eigenvalue weighted by Gasteiger charge is 2.82. The van der Waals surface area contributed by atoms with Gasteiger partial charge in [-0.3, -0.25) is 9.59 Å². The van der Waals surface area contributed by atoms with E-state index in [0.29, 0.717) is 24.0 Å². The Balaban J connectivity index is 1.86. The van der Waals surface area contributed by atoms with Gasteiger partial charge >= 0.3 is 5.97 Å². The molecule has 6 heteroatoms. The summed E-state index contributed by atoms with van der Waals surface area (Å²) in [7, 11) is 0. The zero-order valence-electron chi connectivity index (χ0n) is 19.3. The van der Waals surface area contributed by atoms with Crippen molar-refractivity contribution in [3.63, 3.8) is 0 Å². The maximum atomic E-state index is 14.2. The lowest BCUT2D eigenvalue weighted by atomic mass is 9.59. The number of esters is 1. The number of aliphatic hydroxyl groups excluding tert-OH is 2. The summed E-state index contributed by atoms with van der Waals surface area (Å²) in [6, 6.07) is 0. The molecule has 0 heterocycles. The fourth-order valence-electron chi connectivity index (χ4n) is 7.28. The standard InChI is InChI=1S/C25H36O6/c1-6-7-8-18(27)31-25-11-15(3)23-10-14(2)20(28)24(23,30)12-16(13-26)9-17(21(23)29)19(25)22(25,4)5/h9-10,15,17,19-20,26,28,30H,6-8,11-13H2,1-5H3/t15-,17-,19-,20+,23+,24+,25+/m1/s1. The van der Waals surface area contributed by atoms with Gasteiger partial charge in [-0.05, 0) is 36.8 Å². The quantitative estimate of drug-likeness (QED) is 0.456. The van der Waals surface area contributed by atoms with Crippen LogP contribution in [0.15, 0.2) is 23.3 Å². The molecule has 0 aromatic rings. The third kappa shape index (κ3) is 2.67. The van der Waals surface area contributed by atoms with E-state index in [1.54, 1.807) is 19.1 Å². The number of hydrogen-bond donors (Lipinski definition) is 3. The number of unbranched alkanes of at least 4 members (excludes halogenated alkanes) is 1. The van der Waals surface area contributed by atoms with Crippen LogP contribution in [0.2, 0.25) is 0 Å². The topological polar surface area (TPSA) is 104 Å². The molecule has 31 heavy (non-hydrogen) atoms. The van der Waals surface area contributed by atoms with Gasteiger partial charge in [-0.25, -0.2) is 0 Å². The molecule has 0 aromatic heterocycles. The molecule has 3 N–H and O–H groups in total. The average Bonchev–Trinajstić information content (AvgIpc) is 3.14. The van der Waals surface area contributed by atoms with Crippen LogP contribution in [0, 0.1) is 28.6 Å². The minimum absolute atomic E-state index is 0.0432. The Morgan fingerprint density at radius 2 is 2.00 bits per heavy atom. The van der Waals surface area contributed by atoms with Crippen LogP contribution in [0.1, 0.15) is 66.7 Å². The first kappa shape index (κ1) is 22.7. The van der Waals surface area contributed by atoms with Gasteiger partial charge < -0.3 is 20.1 Å². The summed E-state index contributed by atoms with van der Waals surface area (Å²) in [5.74, 6) is -1.55. The van der Waals surface area contributed by atoms with E-state index in [1.165, 1.54) is 0 Å². The van der Waals surface area contributed by atoms with Crippen LogP contribution in [0.3, 0.4) is 0 Å². The van der Waals surface area contributed by atoms with Crippen LogP contribution in [0.25, 0.3) is 0 Å². The van der Waals surface area contributed by atoms with Crippen molar-refractivity contribution in [2.24, 2.45) is 28.6 Å². The van der Waals surface area contributed by atoms with Gasteiger partial charge in [0, 0.05) is 30.1 Å². The van der Waals surface area contributed by atoms with E-state index in [4.69, 9.17) is 4.74 Å². The molecule has 0 aromatic carbocycles. The Hall–Kier alpha value is -1.50. The molecule has 0 aliphatic heterocycles. The number of ether oxygens (including phenoxy) is 1. The molecular weight excluding hydrogens is 396 g/mol. The molecule has 0 saturated heterocycles. The number of Topliss-reactive ketones (excluding diaryl/α,β-unsaturated/α-hetero) is 1. The van der Waals surface area contributed by atoms with E-state index in [9.17, 15) is 24.9 Å². The van der Waals surface area contributed by atoms with Gasteiger partial charge in [0.2, 0.25) is 0 Å². The third-order valence-corrected chi connectivity index (χ3v) is 8.94. The molecule has 4 rings (SSSR count). The minimum atomic E-state index is -1.72. The van der Waals surface area contributed by atoms with Gasteiger partial charge in [0.05, 0.1) is 12.0 Å². The first-order valence-electron chi connectivity index (χ1n) is 11.6. The lowest BCUT2D eigenvalue weighted by molar-refractivity contribution is -0.165. The molecule has 2 bridgehead atoms. The highest BCUT2D eigenvalue weighted by molar-refractivity contribution is 5.95. The van der Waals surface area contributed by atoms with Crippen LogP contribution in [0.4, 0.5) is 0 Å². The number of carbonyl (C=O) groups is 2. The summed E-state index contributed by atoms with van der Waals surface area (Å²) in [4.78, 5) is 26.9. The van der Waals surface area contributed by atoms with Crippen molar-refractivity contribution in [3.8, 4) is 0 Å². The second-order valence-electron chi connectivity index (χ2n) is 10.9. The summed E-state index contributed by atoms with van der Waals surface area (Å²) >= 11 is 0. The van der Waals surface area contributed by atoms with Crippen LogP contribution in [0.5, 0.6) is 0 Å². The maximum Gasteiger partial charge on any atom is 0.306 e. The maximum absolute atomic E-state index is 14.2. The first-order valence-corrected chi connectivity index (χ1v) is 11.6. The predicted octanol–water partition coefficient (Wildman–Crippen LogP) is 2.70. The van der Waals surface area contributed by atoms with E-state index < -0.39 is 34.1 Å². The molecule has 2 saturated carbocycles. The van der Waals surface area contributed by atoms with Gasteiger partial charge in [0.25, 0.3) is 0 Å². The summed E-state index contributed by atoms with van der Waals surface area (Å²) in [5, 5.41) is 32.8. The Morgan fingerprint density at radius 3 is 2.61 bits per heavy atom. The number of hydrogen-bond acceptors (Lipinski definition) is 6. The molecule has 4 aliphatic rings. The lowest BCUT2D eigenvalue weighted by Crippen LogP contribution is -2.59. The van der Waals surface area contributed by atoms with Crippen molar-refractivity contribution in [1.29, 1.82) is 0 Å². The van der Waals surface area contributed by atoms with E-state index in [1.807, 2.05) is 27.7 Å². The zero-order chi connectivity index (χ0) is 23.0. The Kier molecular flexibility index (Phi) is 5.12. The van der Waals surface area contributed by atoms with Crippen LogP contribution in [-0.4, -0.2) is 51.0 Å². The molecule has 7 atom stereocenters. The van der Waals surface area contributed by atoms with Gasteiger partial charge in [-0.1, -0.05) is 46.3 Å². The van der Waals surface area contributed by atoms with E-state index >= 15 is 0 Å². The van der Waals surface area contributed by atoms with Crippen molar-refractivity contribution < 1.29 is 29.6 Å². The number of allylic oxidation sites excluding steroid dienone is 1. The number of fused-ring (bicyclic) bond motifs is 3. The number of aliphatic hydroxyl groups is 3. The van der Waals surface area contributed by atoms with E-state index in [-0.39, 0.29) is 36.6 Å². The van der Waals surface area contributed by atoms with Crippen molar-refractivity contribution >= 4 is 11.8 Å². The zero-order valence-corrected chi connectivity index (χ0v) is 19.3. The highest BCUT2D eigenvalue weighted by atomic mass is 16.6. The first-order chi connectivity index (χ1) is 14.4. The highest BCUT2D eigenvalue weighted by Crippen LogP contribution is 2.75. The molecule has 6 nitrogen and oxygen atoms in total. The molecule has 172 valence electrons. The van der Waals surface area contributed by atoms with E-state index in [2.05, 4.69) is 0 Å². The number of rotatable bonds is 5. The van der Waals surface area contributed by atoms with Crippen molar-refractivity contribution in [3.05, 3.63) is 23.3 Å². The summed E-state index contributed by atoms with van der Waals surface area (Å²) in [5.41, 5.74) is -3.07. The number of ketones is 1. The smallest absolute Gasteiger partial charge is 0.306 e. The van der Waals surface area contributed by atoms with Gasteiger partial charge in [0.15, 0.2) is 5.78 Å². The number of carbonyl (C=O) groups excluding carboxylic acids is 2. The normalized spacial score (nSPS) is 45.0. The van der Waals surface area contributed by atoms with E-state index in [0.717, 1.165) is 12.8 Å². The largest absolute Gasteiger partial charge is 0.458 e. The third-order valence-electron chi connectivity index (χ3n) is 8.94. The second-order valence-corrected chi connectivity index (χ2v) is 10.9. The van der Waals surface area contributed by atoms with Crippen LogP contribution >= 0.6 is 0 Å². The van der Waals surface area contributed by atoms with Crippen molar-refractivity contribution in [2.45, 2.75) is 84.0 Å². The lowest BCUT2D eigenvalue weighted by Gasteiger charge is -2.46. The van der Waals surface area contributed by atoms with Gasteiger partial charge in [-0.2, -0.15) is 0 Å². The van der Waals surface area contributed by atoms with Crippen LogP contribution in [-0.2, 0) is 14.3 Å². The molecule has 0 amide bonds. The predicted molar refractivity (Wildman–Crippen MR) is 115 cm³/mol. The summed E-state index contributed by atoms with van der Waals surface area (Å²) in [6.07, 6.45) is 4.85. The molecule has 4 aliphatic carbocycles. The van der Waals surface area contributed by atoms with Crippen molar-refractivity contribution in [2.75, 3.05) is 6.61 Å². The Labute approximate surface area is 184 Å². The minimum Gasteiger partial charge on any atom is -0.458 e. The van der Waals surface area contributed by atoms with Crippen LogP contribution < -0.4 is 0 Å². The SMILES string of the molecule is CCCCC(=O)O[C@@]12C[C@@H](C)[C@]34C=C(C)[C@H](O)[C@@]3(O)CC(CO)=C[C@@H](C4=O)[C@@H]1C2(C)C. The van der Waals surface area contributed by atoms with Gasteiger partial charge in [-0.15, -0.1) is 0 Å². The molecule has 1 spiro atoms. The summed E-state index contributed by atoms with van der Waals surface area (Å²) in [6.45, 7) is 9.46. The fraction of sp³-hybridized carbons (Fsp3) is 0.760. The molecule has 0 radical (unpaired) electrons. The molecule has 2 fully saturated rings. The second kappa shape index (κ2) is 7.00. The summed E-state index contributed by atoms with van der Waals surface area (Å²) < 4.78 is 6.17. The Morgan fingerprint density at radius 1 is 1.32 bits per heavy atom. The monoisotopic (exact) mass is 432 g/mol. The van der Waals surface area contributed by atoms with Gasteiger partial charge in [0.1, 0.15) is 17.3 Å². The molecule has 0 unspecified atom stereocenters.